The average molecular weight is 412 g/mol. The molecule has 29 heavy (non-hydrogen) atoms. The number of rotatable bonds is 6. The van der Waals surface area contributed by atoms with Crippen molar-refractivity contribution in [1.82, 2.24) is 20.5 Å². The number of alkyl halides is 3. The number of nitrogens with one attached hydrogen (secondary N) is 2. The minimum Gasteiger partial charge on any atom is -0.318 e. The fraction of sp³-hybridized carbons (Fsp3) is 0.579. The third-order valence-corrected chi connectivity index (χ3v) is 5.43. The van der Waals surface area contributed by atoms with Gasteiger partial charge >= 0.3 is 12.2 Å². The minimum absolute atomic E-state index is 0.131. The van der Waals surface area contributed by atoms with Crippen molar-refractivity contribution >= 4 is 17.8 Å². The number of carbonyl (C=O) groups is 3. The quantitative estimate of drug-likeness (QED) is 0.703. The van der Waals surface area contributed by atoms with E-state index < -0.39 is 29.7 Å². The van der Waals surface area contributed by atoms with Crippen molar-refractivity contribution in [2.75, 3.05) is 0 Å². The van der Waals surface area contributed by atoms with Crippen LogP contribution in [0.5, 0.6) is 0 Å². The third-order valence-electron chi connectivity index (χ3n) is 5.43. The number of amides is 4. The molecule has 2 heterocycles. The zero-order chi connectivity index (χ0) is 21.1. The Kier molecular flexibility index (Phi) is 6.09. The lowest BCUT2D eigenvalue weighted by atomic mass is 9.86. The van der Waals surface area contributed by atoms with Gasteiger partial charge in [0.2, 0.25) is 5.91 Å². The van der Waals surface area contributed by atoms with Gasteiger partial charge in [0.05, 0.1) is 6.54 Å². The summed E-state index contributed by atoms with van der Waals surface area (Å²) >= 11 is 0. The summed E-state index contributed by atoms with van der Waals surface area (Å²) in [5.74, 6) is -2.16. The lowest BCUT2D eigenvalue weighted by molar-refractivity contribution is -0.204. The van der Waals surface area contributed by atoms with Crippen molar-refractivity contribution in [3.05, 3.63) is 30.1 Å². The molecule has 1 saturated carbocycles. The molecule has 1 aromatic rings. The molecule has 4 amide bonds. The molecule has 3 rings (SSSR count). The zero-order valence-electron chi connectivity index (χ0n) is 15.8. The Hall–Kier alpha value is -2.65. The highest BCUT2D eigenvalue weighted by atomic mass is 19.4. The maximum atomic E-state index is 13.8. The zero-order valence-corrected chi connectivity index (χ0v) is 15.8. The molecule has 7 nitrogen and oxygen atoms in total. The molecule has 158 valence electrons. The molecule has 1 aliphatic heterocycles. The SMILES string of the molecule is O=C(CCC1CCCCC1)N[C@@]1(C(F)(F)F)NC(=O)N(Cc2cccnc2)C1=O. The molecule has 2 N–H and O–H groups in total. The highest BCUT2D eigenvalue weighted by Gasteiger charge is 2.68. The van der Waals surface area contributed by atoms with E-state index in [0.29, 0.717) is 22.8 Å². The lowest BCUT2D eigenvalue weighted by Crippen LogP contribution is -2.69. The van der Waals surface area contributed by atoms with E-state index in [-0.39, 0.29) is 13.0 Å². The van der Waals surface area contributed by atoms with Crippen molar-refractivity contribution in [3.63, 3.8) is 0 Å². The number of hydrogen-bond donors (Lipinski definition) is 2. The van der Waals surface area contributed by atoms with Gasteiger partial charge in [-0.1, -0.05) is 38.2 Å². The maximum Gasteiger partial charge on any atom is 0.440 e. The van der Waals surface area contributed by atoms with Crippen molar-refractivity contribution in [2.24, 2.45) is 5.92 Å². The van der Waals surface area contributed by atoms with Gasteiger partial charge in [-0.05, 0) is 24.0 Å². The van der Waals surface area contributed by atoms with Gasteiger partial charge in [-0.15, -0.1) is 0 Å². The second-order valence-electron chi connectivity index (χ2n) is 7.52. The molecule has 1 aliphatic carbocycles. The van der Waals surface area contributed by atoms with Crippen LogP contribution in [0.4, 0.5) is 18.0 Å². The van der Waals surface area contributed by atoms with E-state index in [4.69, 9.17) is 0 Å². The first kappa shape index (κ1) is 21.1. The molecule has 0 radical (unpaired) electrons. The maximum absolute atomic E-state index is 13.8. The van der Waals surface area contributed by atoms with Crippen LogP contribution in [0.25, 0.3) is 0 Å². The predicted octanol–water partition coefficient (Wildman–Crippen LogP) is 2.87. The van der Waals surface area contributed by atoms with Crippen molar-refractivity contribution in [2.45, 2.75) is 63.3 Å². The number of pyridine rings is 1. The monoisotopic (exact) mass is 412 g/mol. The third kappa shape index (κ3) is 4.51. The smallest absolute Gasteiger partial charge is 0.318 e. The summed E-state index contributed by atoms with van der Waals surface area (Å²) in [4.78, 5) is 41.3. The van der Waals surface area contributed by atoms with Gasteiger partial charge in [0.25, 0.3) is 11.6 Å². The van der Waals surface area contributed by atoms with E-state index in [0.717, 1.165) is 32.1 Å². The van der Waals surface area contributed by atoms with E-state index in [1.54, 1.807) is 10.6 Å². The molecule has 1 atom stereocenters. The molecule has 2 aliphatic rings. The molecular formula is C19H23F3N4O3. The van der Waals surface area contributed by atoms with Gasteiger partial charge in [-0.3, -0.25) is 24.8 Å². The van der Waals surface area contributed by atoms with Crippen LogP contribution in [-0.4, -0.2) is 39.6 Å². The van der Waals surface area contributed by atoms with Crippen LogP contribution < -0.4 is 10.6 Å². The number of nitrogens with zero attached hydrogens (tertiary/aromatic N) is 2. The molecule has 1 saturated heterocycles. The van der Waals surface area contributed by atoms with Crippen LogP contribution in [0.2, 0.25) is 0 Å². The number of halogens is 3. The van der Waals surface area contributed by atoms with Crippen LogP contribution in [0.15, 0.2) is 24.5 Å². The number of hydrogen-bond acceptors (Lipinski definition) is 4. The van der Waals surface area contributed by atoms with E-state index in [1.807, 2.05) is 0 Å². The van der Waals surface area contributed by atoms with Crippen molar-refractivity contribution < 1.29 is 27.6 Å². The number of aromatic nitrogens is 1. The highest BCUT2D eigenvalue weighted by molar-refractivity contribution is 6.08. The first-order chi connectivity index (χ1) is 13.7. The molecule has 1 aromatic heterocycles. The van der Waals surface area contributed by atoms with Gasteiger partial charge in [0.15, 0.2) is 0 Å². The molecule has 10 heteroatoms. The van der Waals surface area contributed by atoms with Gasteiger partial charge in [-0.2, -0.15) is 13.2 Å². The summed E-state index contributed by atoms with van der Waals surface area (Å²) in [5.41, 5.74) is -3.06. The van der Waals surface area contributed by atoms with Crippen LogP contribution in [0.3, 0.4) is 0 Å². The summed E-state index contributed by atoms with van der Waals surface area (Å²) in [6.45, 7) is -0.381. The molecule has 0 unspecified atom stereocenters. The Morgan fingerprint density at radius 3 is 2.62 bits per heavy atom. The number of imide groups is 1. The Morgan fingerprint density at radius 1 is 1.28 bits per heavy atom. The number of urea groups is 1. The Labute approximate surface area is 166 Å². The second-order valence-corrected chi connectivity index (χ2v) is 7.52. The van der Waals surface area contributed by atoms with Gasteiger partial charge in [-0.25, -0.2) is 4.79 Å². The van der Waals surface area contributed by atoms with Gasteiger partial charge in [0, 0.05) is 18.8 Å². The summed E-state index contributed by atoms with van der Waals surface area (Å²) < 4.78 is 41.5. The van der Waals surface area contributed by atoms with Gasteiger partial charge < -0.3 is 5.32 Å². The van der Waals surface area contributed by atoms with Crippen LogP contribution >= 0.6 is 0 Å². The topological polar surface area (TPSA) is 91.4 Å². The predicted molar refractivity (Wildman–Crippen MR) is 96.1 cm³/mol. The van der Waals surface area contributed by atoms with Crippen LogP contribution in [0, 0.1) is 5.92 Å². The van der Waals surface area contributed by atoms with Crippen LogP contribution in [0.1, 0.15) is 50.5 Å². The molecular weight excluding hydrogens is 389 g/mol. The summed E-state index contributed by atoms with van der Waals surface area (Å²) in [6, 6.07) is 1.85. The summed E-state index contributed by atoms with van der Waals surface area (Å²) in [5, 5.41) is 3.42. The van der Waals surface area contributed by atoms with Gasteiger partial charge in [0.1, 0.15) is 0 Å². The van der Waals surface area contributed by atoms with Crippen molar-refractivity contribution in [3.8, 4) is 0 Å². The molecule has 0 aromatic carbocycles. The fourth-order valence-corrected chi connectivity index (χ4v) is 3.82. The highest BCUT2D eigenvalue weighted by Crippen LogP contribution is 2.35. The first-order valence-corrected chi connectivity index (χ1v) is 9.64. The minimum atomic E-state index is -5.19. The second kappa shape index (κ2) is 8.38. The molecule has 2 fully saturated rings. The first-order valence-electron chi connectivity index (χ1n) is 9.64. The van der Waals surface area contributed by atoms with E-state index in [9.17, 15) is 27.6 Å². The standard InChI is InChI=1S/C19H23F3N4O3/c20-19(21,22)18(24-15(27)9-8-13-5-2-1-3-6-13)16(28)26(17(29)25-18)12-14-7-4-10-23-11-14/h4,7,10-11,13H,1-3,5-6,8-9,12H2,(H,24,27)(H,25,29)/t18-/m1/s1. The normalized spacial score (nSPS) is 23.2. The number of carbonyl (C=O) groups excluding carboxylic acids is 3. The molecule has 0 bridgehead atoms. The van der Waals surface area contributed by atoms with Crippen LogP contribution in [-0.2, 0) is 16.1 Å². The largest absolute Gasteiger partial charge is 0.440 e. The van der Waals surface area contributed by atoms with E-state index >= 15 is 0 Å². The molecule has 0 spiro atoms. The Balaban J connectivity index is 1.72. The van der Waals surface area contributed by atoms with E-state index in [2.05, 4.69) is 4.98 Å². The fourth-order valence-electron chi connectivity index (χ4n) is 3.82. The Morgan fingerprint density at radius 2 is 2.00 bits per heavy atom. The van der Waals surface area contributed by atoms with E-state index in [1.165, 1.54) is 24.5 Å². The summed E-state index contributed by atoms with van der Waals surface area (Å²) in [6.07, 6.45) is 3.08. The summed E-state index contributed by atoms with van der Waals surface area (Å²) in [7, 11) is 0. The Bertz CT molecular complexity index is 766. The lowest BCUT2D eigenvalue weighted by Gasteiger charge is -2.30. The van der Waals surface area contributed by atoms with Crippen molar-refractivity contribution in [1.29, 1.82) is 0 Å². The average Bonchev–Trinajstić information content (AvgIpc) is 2.93.